The average molecular weight is 253 g/mol. The minimum absolute atomic E-state index is 0.0148. The van der Waals surface area contributed by atoms with Gasteiger partial charge in [-0.05, 0) is 20.8 Å². The van der Waals surface area contributed by atoms with Gasteiger partial charge in [-0.25, -0.2) is 4.79 Å². The number of hydrogen-bond acceptors (Lipinski definition) is 4. The van der Waals surface area contributed by atoms with E-state index in [1.165, 1.54) is 6.92 Å². The van der Waals surface area contributed by atoms with Crippen LogP contribution in [-0.2, 0) is 16.0 Å². The summed E-state index contributed by atoms with van der Waals surface area (Å²) in [6.45, 7) is 4.68. The van der Waals surface area contributed by atoms with Gasteiger partial charge in [0, 0.05) is 17.0 Å². The lowest BCUT2D eigenvalue weighted by atomic mass is 10.1. The first-order valence-corrected chi connectivity index (χ1v) is 5.40. The molecule has 18 heavy (non-hydrogen) atoms. The molecule has 0 aliphatic heterocycles. The summed E-state index contributed by atoms with van der Waals surface area (Å²) in [5, 5.41) is 11.0. The highest BCUT2D eigenvalue weighted by Gasteiger charge is 2.16. The second-order valence-electron chi connectivity index (χ2n) is 4.04. The van der Waals surface area contributed by atoms with E-state index in [0.29, 0.717) is 17.0 Å². The van der Waals surface area contributed by atoms with Crippen molar-refractivity contribution in [3.05, 3.63) is 27.4 Å². The monoisotopic (exact) mass is 253 g/mol. The van der Waals surface area contributed by atoms with E-state index in [1.807, 2.05) is 0 Å². The van der Waals surface area contributed by atoms with E-state index >= 15 is 0 Å². The van der Waals surface area contributed by atoms with Crippen LogP contribution in [0.15, 0.2) is 4.79 Å². The molecule has 1 atom stereocenters. The predicted octanol–water partition coefficient (Wildman–Crippen LogP) is -0.481. The lowest BCUT2D eigenvalue weighted by Gasteiger charge is -2.11. The Bertz CT molecular complexity index is 509. The molecule has 0 radical (unpaired) electrons. The molecular formula is C11H15N3O4. The number of carboxylic acids is 1. The first kappa shape index (κ1) is 13.9. The van der Waals surface area contributed by atoms with E-state index in [0.717, 1.165) is 0 Å². The maximum absolute atomic E-state index is 11.6. The predicted molar refractivity (Wildman–Crippen MR) is 63.3 cm³/mol. The number of rotatable bonds is 4. The molecule has 7 nitrogen and oxygen atoms in total. The van der Waals surface area contributed by atoms with Gasteiger partial charge in [-0.2, -0.15) is 4.98 Å². The van der Waals surface area contributed by atoms with Crippen molar-refractivity contribution < 1.29 is 14.7 Å². The van der Waals surface area contributed by atoms with E-state index in [2.05, 4.69) is 15.3 Å². The van der Waals surface area contributed by atoms with Crippen molar-refractivity contribution >= 4 is 11.9 Å². The molecule has 1 amide bonds. The summed E-state index contributed by atoms with van der Waals surface area (Å²) in [5.41, 5.74) is 1.16. The third kappa shape index (κ3) is 3.41. The Labute approximate surface area is 103 Å². The maximum Gasteiger partial charge on any atom is 0.345 e. The molecule has 0 saturated heterocycles. The Kier molecular flexibility index (Phi) is 4.19. The van der Waals surface area contributed by atoms with Crippen molar-refractivity contribution in [2.75, 3.05) is 0 Å². The molecule has 0 aliphatic rings. The fraction of sp³-hybridized carbons (Fsp3) is 0.455. The zero-order chi connectivity index (χ0) is 13.9. The van der Waals surface area contributed by atoms with Gasteiger partial charge in [-0.3, -0.25) is 9.59 Å². The van der Waals surface area contributed by atoms with Crippen LogP contribution in [0.25, 0.3) is 0 Å². The minimum Gasteiger partial charge on any atom is -0.480 e. The molecule has 7 heteroatoms. The Hall–Kier alpha value is -2.18. The van der Waals surface area contributed by atoms with Crippen molar-refractivity contribution in [1.29, 1.82) is 0 Å². The van der Waals surface area contributed by atoms with Crippen LogP contribution in [0.1, 0.15) is 23.9 Å². The fourth-order valence-corrected chi connectivity index (χ4v) is 1.53. The molecule has 3 N–H and O–H groups in total. The van der Waals surface area contributed by atoms with Gasteiger partial charge in [-0.1, -0.05) is 0 Å². The number of aryl methyl sites for hydroxylation is 2. The molecule has 98 valence electrons. The van der Waals surface area contributed by atoms with Crippen LogP contribution < -0.4 is 11.0 Å². The Morgan fingerprint density at radius 1 is 1.44 bits per heavy atom. The Balaban J connectivity index is 2.83. The lowest BCUT2D eigenvalue weighted by Crippen LogP contribution is -2.39. The second kappa shape index (κ2) is 5.44. The number of hydrogen-bond donors (Lipinski definition) is 3. The summed E-state index contributed by atoms with van der Waals surface area (Å²) in [5.74, 6) is -1.53. The van der Waals surface area contributed by atoms with E-state index in [9.17, 15) is 14.4 Å². The number of nitrogens with zero attached hydrogens (tertiary/aromatic N) is 1. The SMILES string of the molecule is Cc1nc(=O)[nH]c(C)c1CC(=O)N[C@H](C)C(=O)O. The first-order chi connectivity index (χ1) is 8.31. The van der Waals surface area contributed by atoms with Gasteiger partial charge in [0.15, 0.2) is 0 Å². The van der Waals surface area contributed by atoms with Gasteiger partial charge in [0.1, 0.15) is 6.04 Å². The molecule has 1 heterocycles. The molecule has 0 saturated carbocycles. The highest BCUT2D eigenvalue weighted by molar-refractivity contribution is 5.84. The van der Waals surface area contributed by atoms with Crippen LogP contribution in [0, 0.1) is 13.8 Å². The number of carboxylic acid groups (broad SMARTS) is 1. The summed E-state index contributed by atoms with van der Waals surface area (Å²) < 4.78 is 0. The van der Waals surface area contributed by atoms with Crippen molar-refractivity contribution in [2.45, 2.75) is 33.2 Å². The van der Waals surface area contributed by atoms with E-state index in [1.54, 1.807) is 13.8 Å². The van der Waals surface area contributed by atoms with Crippen LogP contribution in [0.2, 0.25) is 0 Å². The van der Waals surface area contributed by atoms with Gasteiger partial charge < -0.3 is 15.4 Å². The molecule has 0 aromatic carbocycles. The fourth-order valence-electron chi connectivity index (χ4n) is 1.53. The van der Waals surface area contributed by atoms with Crippen molar-refractivity contribution in [2.24, 2.45) is 0 Å². The van der Waals surface area contributed by atoms with Gasteiger partial charge in [0.2, 0.25) is 5.91 Å². The van der Waals surface area contributed by atoms with Crippen molar-refractivity contribution in [3.8, 4) is 0 Å². The summed E-state index contributed by atoms with van der Waals surface area (Å²) >= 11 is 0. The van der Waals surface area contributed by atoms with Gasteiger partial charge in [-0.15, -0.1) is 0 Å². The van der Waals surface area contributed by atoms with Crippen molar-refractivity contribution in [3.63, 3.8) is 0 Å². The van der Waals surface area contributed by atoms with Gasteiger partial charge in [0.25, 0.3) is 0 Å². The average Bonchev–Trinajstić information content (AvgIpc) is 2.23. The molecule has 1 aromatic rings. The number of amides is 1. The minimum atomic E-state index is -1.10. The van der Waals surface area contributed by atoms with E-state index in [-0.39, 0.29) is 6.42 Å². The molecule has 1 rings (SSSR count). The standard InChI is InChI=1S/C11H15N3O4/c1-5-8(6(2)14-11(18)13-5)4-9(15)12-7(3)10(16)17/h7H,4H2,1-3H3,(H,12,15)(H,16,17)(H,13,14,18)/t7-/m1/s1. The van der Waals surface area contributed by atoms with Gasteiger partial charge in [0.05, 0.1) is 6.42 Å². The van der Waals surface area contributed by atoms with Crippen LogP contribution in [0.4, 0.5) is 0 Å². The smallest absolute Gasteiger partial charge is 0.345 e. The number of H-pyrrole nitrogens is 1. The van der Waals surface area contributed by atoms with Crippen LogP contribution in [-0.4, -0.2) is 33.0 Å². The topological polar surface area (TPSA) is 112 Å². The van der Waals surface area contributed by atoms with Crippen molar-refractivity contribution in [1.82, 2.24) is 15.3 Å². The lowest BCUT2D eigenvalue weighted by molar-refractivity contribution is -0.141. The number of aliphatic carboxylic acids is 1. The Morgan fingerprint density at radius 2 is 2.06 bits per heavy atom. The van der Waals surface area contributed by atoms with Gasteiger partial charge >= 0.3 is 11.7 Å². The maximum atomic E-state index is 11.6. The normalized spacial score (nSPS) is 11.9. The van der Waals surface area contributed by atoms with Crippen LogP contribution >= 0.6 is 0 Å². The summed E-state index contributed by atoms with van der Waals surface area (Å²) in [4.78, 5) is 39.5. The second-order valence-corrected chi connectivity index (χ2v) is 4.04. The number of nitrogens with one attached hydrogen (secondary N) is 2. The molecule has 0 aliphatic carbocycles. The molecular weight excluding hydrogens is 238 g/mol. The largest absolute Gasteiger partial charge is 0.480 e. The number of carbonyl (C=O) groups excluding carboxylic acids is 1. The highest BCUT2D eigenvalue weighted by atomic mass is 16.4. The van der Waals surface area contributed by atoms with Crippen LogP contribution in [0.5, 0.6) is 0 Å². The first-order valence-electron chi connectivity index (χ1n) is 5.40. The molecule has 0 spiro atoms. The molecule has 0 bridgehead atoms. The Morgan fingerprint density at radius 3 is 2.56 bits per heavy atom. The molecule has 0 unspecified atom stereocenters. The third-order valence-electron chi connectivity index (χ3n) is 2.54. The highest BCUT2D eigenvalue weighted by Crippen LogP contribution is 2.07. The summed E-state index contributed by atoms with van der Waals surface area (Å²) in [6, 6.07) is -0.950. The van der Waals surface area contributed by atoms with Crippen LogP contribution in [0.3, 0.4) is 0 Å². The molecule has 0 fully saturated rings. The molecule has 1 aromatic heterocycles. The quantitative estimate of drug-likeness (QED) is 0.670. The zero-order valence-electron chi connectivity index (χ0n) is 10.4. The number of aromatic amines is 1. The third-order valence-corrected chi connectivity index (χ3v) is 2.54. The number of carbonyl (C=O) groups is 2. The van der Waals surface area contributed by atoms with E-state index in [4.69, 9.17) is 5.11 Å². The number of aromatic nitrogens is 2. The summed E-state index contributed by atoms with van der Waals surface area (Å²) in [6.07, 6.45) is -0.0148. The summed E-state index contributed by atoms with van der Waals surface area (Å²) in [7, 11) is 0. The van der Waals surface area contributed by atoms with E-state index < -0.39 is 23.6 Å². The zero-order valence-corrected chi connectivity index (χ0v) is 10.4.